The maximum Gasteiger partial charge on any atom is 0.262 e. The average Bonchev–Trinajstić information content (AvgIpc) is 3.09. The highest BCUT2D eigenvalue weighted by molar-refractivity contribution is 6.07. The van der Waals surface area contributed by atoms with Gasteiger partial charge in [-0.15, -0.1) is 0 Å². The third kappa shape index (κ3) is 5.78. The Kier molecular flexibility index (Phi) is 7.60. The van der Waals surface area contributed by atoms with Crippen LogP contribution in [0, 0.1) is 6.92 Å². The van der Waals surface area contributed by atoms with E-state index in [1.54, 1.807) is 30.5 Å². The zero-order valence-corrected chi connectivity index (χ0v) is 22.4. The Balaban J connectivity index is 1.56. The Morgan fingerprint density at radius 3 is 2.90 bits per heavy atom. The van der Waals surface area contributed by atoms with Crippen molar-refractivity contribution in [2.45, 2.75) is 32.2 Å². The summed E-state index contributed by atoms with van der Waals surface area (Å²) in [7, 11) is 3.90. The maximum absolute atomic E-state index is 13.3. The van der Waals surface area contributed by atoms with Crippen molar-refractivity contribution >= 4 is 40.4 Å². The molecule has 0 bridgehead atoms. The number of hydrogen-bond acceptors (Lipinski definition) is 7. The number of fused-ring (bicyclic) bond motifs is 3. The first-order valence-corrected chi connectivity index (χ1v) is 13.1. The molecule has 4 heterocycles. The van der Waals surface area contributed by atoms with Gasteiger partial charge in [-0.25, -0.2) is 4.98 Å². The molecule has 2 aliphatic heterocycles. The van der Waals surface area contributed by atoms with E-state index in [1.165, 1.54) is 0 Å². The number of carbonyl (C=O) groups excluding carboxylic acids is 3. The Bertz CT molecular complexity index is 1450. The predicted octanol–water partition coefficient (Wildman–Crippen LogP) is 2.99. The molecule has 1 fully saturated rings. The van der Waals surface area contributed by atoms with E-state index in [4.69, 9.17) is 9.72 Å². The van der Waals surface area contributed by atoms with Crippen LogP contribution in [0.3, 0.4) is 0 Å². The number of pyridine rings is 1. The predicted molar refractivity (Wildman–Crippen MR) is 148 cm³/mol. The maximum atomic E-state index is 13.3. The number of likely N-dealkylation sites (tertiary alicyclic amines) is 1. The molecule has 11 heteroatoms. The van der Waals surface area contributed by atoms with Crippen LogP contribution in [0.5, 0.6) is 5.75 Å². The fourth-order valence-electron chi connectivity index (χ4n) is 5.03. The third-order valence-electron chi connectivity index (χ3n) is 6.88. The number of nitrogens with one attached hydrogen (secondary N) is 2. The molecule has 0 spiro atoms. The standard InChI is InChI=1S/C28H33N7O4/c1-18-15-19(11-12-29-18)27(38)32-28-30-21-9-10-22-25(31-23(36)17-39-22)26(21)35(28)20-7-4-5-14-34(16-20)24(37)8-6-13-33(2)3/h6,8-12,15,20H,4-5,7,13-14,16-17H2,1-3H3,(H,31,36)(H,30,32,38). The van der Waals surface area contributed by atoms with Gasteiger partial charge in [0.1, 0.15) is 11.4 Å². The van der Waals surface area contributed by atoms with E-state index in [2.05, 4.69) is 15.6 Å². The van der Waals surface area contributed by atoms with E-state index >= 15 is 0 Å². The van der Waals surface area contributed by atoms with E-state index in [1.807, 2.05) is 47.5 Å². The largest absolute Gasteiger partial charge is 0.481 e. The number of rotatable bonds is 6. The molecule has 1 saturated heterocycles. The first kappa shape index (κ1) is 26.4. The van der Waals surface area contributed by atoms with Gasteiger partial charge < -0.3 is 24.4 Å². The van der Waals surface area contributed by atoms with Crippen molar-refractivity contribution in [1.29, 1.82) is 0 Å². The lowest BCUT2D eigenvalue weighted by Gasteiger charge is -2.27. The Morgan fingerprint density at radius 2 is 2.10 bits per heavy atom. The van der Waals surface area contributed by atoms with Gasteiger partial charge in [0.25, 0.3) is 11.8 Å². The summed E-state index contributed by atoms with van der Waals surface area (Å²) < 4.78 is 7.63. The fourth-order valence-corrected chi connectivity index (χ4v) is 5.03. The summed E-state index contributed by atoms with van der Waals surface area (Å²) in [6.45, 7) is 3.51. The minimum Gasteiger partial charge on any atom is -0.481 e. The van der Waals surface area contributed by atoms with Gasteiger partial charge in [0.2, 0.25) is 11.9 Å². The topological polar surface area (TPSA) is 122 Å². The van der Waals surface area contributed by atoms with Gasteiger partial charge in [-0.2, -0.15) is 0 Å². The molecule has 39 heavy (non-hydrogen) atoms. The minimum atomic E-state index is -0.320. The van der Waals surface area contributed by atoms with E-state index in [-0.39, 0.29) is 30.4 Å². The molecule has 204 valence electrons. The van der Waals surface area contributed by atoms with Gasteiger partial charge >= 0.3 is 0 Å². The molecule has 2 aliphatic rings. The highest BCUT2D eigenvalue weighted by Crippen LogP contribution is 2.40. The van der Waals surface area contributed by atoms with Gasteiger partial charge in [-0.1, -0.05) is 6.08 Å². The van der Waals surface area contributed by atoms with E-state index in [9.17, 15) is 14.4 Å². The summed E-state index contributed by atoms with van der Waals surface area (Å²) in [6.07, 6.45) is 7.61. The highest BCUT2D eigenvalue weighted by Gasteiger charge is 2.30. The normalized spacial score (nSPS) is 17.6. The smallest absolute Gasteiger partial charge is 0.262 e. The third-order valence-corrected chi connectivity index (χ3v) is 6.88. The Hall–Kier alpha value is -4.25. The van der Waals surface area contributed by atoms with Crippen LogP contribution in [0.1, 0.15) is 41.4 Å². The first-order chi connectivity index (χ1) is 18.8. The second-order valence-electron chi connectivity index (χ2n) is 10.2. The molecule has 3 aromatic rings. The van der Waals surface area contributed by atoms with E-state index in [0.29, 0.717) is 53.6 Å². The zero-order chi connectivity index (χ0) is 27.5. The molecule has 1 atom stereocenters. The number of aryl methyl sites for hydroxylation is 1. The first-order valence-electron chi connectivity index (χ1n) is 13.1. The molecular formula is C28H33N7O4. The summed E-state index contributed by atoms with van der Waals surface area (Å²) in [6, 6.07) is 6.76. The molecular weight excluding hydrogens is 498 g/mol. The van der Waals surface area contributed by atoms with Crippen molar-refractivity contribution in [3.63, 3.8) is 0 Å². The van der Waals surface area contributed by atoms with Crippen molar-refractivity contribution in [2.24, 2.45) is 0 Å². The number of carbonyl (C=O) groups is 3. The van der Waals surface area contributed by atoms with E-state index in [0.717, 1.165) is 25.0 Å². The Morgan fingerprint density at radius 1 is 1.26 bits per heavy atom. The fraction of sp³-hybridized carbons (Fsp3) is 0.393. The lowest BCUT2D eigenvalue weighted by atomic mass is 10.1. The SMILES string of the molecule is Cc1cc(C(=O)Nc2nc3ccc4c(c3n2C2CCCCN(C(=O)C=CCN(C)C)C2)NC(=O)CO4)ccn1. The minimum absolute atomic E-state index is 0.0512. The number of aromatic nitrogens is 3. The van der Waals surface area contributed by atoms with Crippen LogP contribution in [0.25, 0.3) is 11.0 Å². The summed E-state index contributed by atoms with van der Waals surface area (Å²) in [5.41, 5.74) is 2.97. The van der Waals surface area contributed by atoms with Crippen LogP contribution < -0.4 is 15.4 Å². The second-order valence-corrected chi connectivity index (χ2v) is 10.2. The number of nitrogens with zero attached hydrogens (tertiary/aromatic N) is 5. The van der Waals surface area contributed by atoms with Crippen LogP contribution >= 0.6 is 0 Å². The van der Waals surface area contributed by atoms with Crippen LogP contribution in [0.2, 0.25) is 0 Å². The molecule has 0 saturated carbocycles. The van der Waals surface area contributed by atoms with Gasteiger partial charge in [0.05, 0.1) is 17.1 Å². The molecule has 2 aromatic heterocycles. The summed E-state index contributed by atoms with van der Waals surface area (Å²) >= 11 is 0. The van der Waals surface area contributed by atoms with Crippen LogP contribution in [-0.4, -0.2) is 82.4 Å². The van der Waals surface area contributed by atoms with Crippen LogP contribution in [0.4, 0.5) is 11.6 Å². The number of ether oxygens (including phenoxy) is 1. The van der Waals surface area contributed by atoms with E-state index < -0.39 is 0 Å². The number of hydrogen-bond donors (Lipinski definition) is 2. The van der Waals surface area contributed by atoms with Crippen molar-refractivity contribution in [3.05, 3.63) is 53.9 Å². The molecule has 0 radical (unpaired) electrons. The monoisotopic (exact) mass is 531 g/mol. The van der Waals surface area contributed by atoms with Gasteiger partial charge in [0, 0.05) is 43.2 Å². The molecule has 0 aliphatic carbocycles. The van der Waals surface area contributed by atoms with Gasteiger partial charge in [-0.05, 0) is 64.5 Å². The number of likely N-dealkylation sites (N-methyl/N-ethyl adjacent to an activating group) is 1. The summed E-state index contributed by atoms with van der Waals surface area (Å²) in [5, 5.41) is 5.91. The van der Waals surface area contributed by atoms with Crippen molar-refractivity contribution in [2.75, 3.05) is 51.0 Å². The quantitative estimate of drug-likeness (QED) is 0.469. The van der Waals surface area contributed by atoms with Crippen molar-refractivity contribution in [1.82, 2.24) is 24.3 Å². The Labute approximate surface area is 226 Å². The molecule has 1 aromatic carbocycles. The van der Waals surface area contributed by atoms with Crippen molar-refractivity contribution < 1.29 is 19.1 Å². The molecule has 2 N–H and O–H groups in total. The molecule has 11 nitrogen and oxygen atoms in total. The lowest BCUT2D eigenvalue weighted by Crippen LogP contribution is -2.35. The van der Waals surface area contributed by atoms with Gasteiger partial charge in [-0.3, -0.25) is 24.7 Å². The average molecular weight is 532 g/mol. The number of benzene rings is 1. The van der Waals surface area contributed by atoms with Crippen molar-refractivity contribution in [3.8, 4) is 5.75 Å². The van der Waals surface area contributed by atoms with Gasteiger partial charge in [0.15, 0.2) is 6.61 Å². The number of amides is 3. The van der Waals surface area contributed by atoms with Crippen LogP contribution in [0.15, 0.2) is 42.6 Å². The molecule has 5 rings (SSSR count). The summed E-state index contributed by atoms with van der Waals surface area (Å²) in [4.78, 5) is 51.5. The number of anilines is 2. The second kappa shape index (κ2) is 11.2. The number of imidazole rings is 1. The molecule has 3 amide bonds. The summed E-state index contributed by atoms with van der Waals surface area (Å²) in [5.74, 6) is 0.257. The highest BCUT2D eigenvalue weighted by atomic mass is 16.5. The lowest BCUT2D eigenvalue weighted by molar-refractivity contribution is -0.126. The zero-order valence-electron chi connectivity index (χ0n) is 22.4. The molecule has 1 unspecified atom stereocenters. The van der Waals surface area contributed by atoms with Crippen LogP contribution in [-0.2, 0) is 9.59 Å².